The van der Waals surface area contributed by atoms with Crippen LogP contribution in [-0.2, 0) is 0 Å². The van der Waals surface area contributed by atoms with Gasteiger partial charge >= 0.3 is 0 Å². The van der Waals surface area contributed by atoms with Gasteiger partial charge in [-0.3, -0.25) is 0 Å². The second-order valence-corrected chi connectivity index (χ2v) is 6.79. The minimum absolute atomic E-state index is 0.311. The zero-order chi connectivity index (χ0) is 18.7. The summed E-state index contributed by atoms with van der Waals surface area (Å²) in [4.78, 5) is 8.37. The normalized spacial score (nSPS) is 10.8. The van der Waals surface area contributed by atoms with Gasteiger partial charge in [-0.05, 0) is 54.3 Å². The van der Waals surface area contributed by atoms with Crippen molar-refractivity contribution < 1.29 is 4.74 Å². The molecule has 0 aliphatic rings. The van der Waals surface area contributed by atoms with Gasteiger partial charge in [-0.1, -0.05) is 37.6 Å². The predicted octanol–water partition coefficient (Wildman–Crippen LogP) is 5.68. The van der Waals surface area contributed by atoms with Crippen molar-refractivity contribution in [1.82, 2.24) is 9.97 Å². The number of nitrogens with zero attached hydrogens (tertiary/aromatic N) is 2. The van der Waals surface area contributed by atoms with Crippen LogP contribution in [0.25, 0.3) is 0 Å². The highest BCUT2D eigenvalue weighted by Crippen LogP contribution is 2.32. The third-order valence-electron chi connectivity index (χ3n) is 4.05. The van der Waals surface area contributed by atoms with Crippen molar-refractivity contribution in [1.29, 1.82) is 0 Å². The molecule has 0 aliphatic heterocycles. The van der Waals surface area contributed by atoms with Crippen molar-refractivity contribution in [2.45, 2.75) is 26.7 Å². The summed E-state index contributed by atoms with van der Waals surface area (Å²) in [6.07, 6.45) is 1.42. The van der Waals surface area contributed by atoms with E-state index in [1.165, 1.54) is 11.9 Å². The molecule has 0 fully saturated rings. The molecular formula is C20H21ClN4O. The average Bonchev–Trinajstić information content (AvgIpc) is 2.61. The van der Waals surface area contributed by atoms with Gasteiger partial charge in [0.15, 0.2) is 5.82 Å². The highest BCUT2D eigenvalue weighted by molar-refractivity contribution is 6.30. The molecule has 3 aromatic rings. The molecule has 0 saturated carbocycles. The molecule has 0 unspecified atom stereocenters. The van der Waals surface area contributed by atoms with Gasteiger partial charge in [-0.15, -0.1) is 0 Å². The van der Waals surface area contributed by atoms with Gasteiger partial charge in [0, 0.05) is 10.7 Å². The summed E-state index contributed by atoms with van der Waals surface area (Å²) in [5.41, 5.74) is 9.64. The molecule has 3 rings (SSSR count). The lowest BCUT2D eigenvalue weighted by atomic mass is 10.0. The Morgan fingerprint density at radius 3 is 2.46 bits per heavy atom. The van der Waals surface area contributed by atoms with Crippen LogP contribution in [0, 0.1) is 6.92 Å². The third kappa shape index (κ3) is 4.06. The molecule has 0 amide bonds. The van der Waals surface area contributed by atoms with Gasteiger partial charge < -0.3 is 15.8 Å². The van der Waals surface area contributed by atoms with E-state index in [0.29, 0.717) is 34.1 Å². The van der Waals surface area contributed by atoms with E-state index in [2.05, 4.69) is 29.1 Å². The Balaban J connectivity index is 1.82. The number of ether oxygens (including phenoxy) is 1. The van der Waals surface area contributed by atoms with Crippen LogP contribution in [-0.4, -0.2) is 9.97 Å². The number of nitrogen functional groups attached to an aromatic ring is 1. The van der Waals surface area contributed by atoms with E-state index in [4.69, 9.17) is 22.1 Å². The second kappa shape index (κ2) is 7.62. The van der Waals surface area contributed by atoms with Gasteiger partial charge in [-0.2, -0.15) is 4.98 Å². The summed E-state index contributed by atoms with van der Waals surface area (Å²) in [5.74, 6) is 1.94. The SMILES string of the molecule is Cc1cc(Cl)ccc1Nc1ncnc(Oc2ccc(C(C)C)cc2)c1N. The summed E-state index contributed by atoms with van der Waals surface area (Å²) in [6, 6.07) is 13.4. The summed E-state index contributed by atoms with van der Waals surface area (Å²) >= 11 is 6.00. The number of benzene rings is 2. The number of rotatable bonds is 5. The maximum Gasteiger partial charge on any atom is 0.248 e. The first kappa shape index (κ1) is 18.0. The first-order valence-corrected chi connectivity index (χ1v) is 8.73. The monoisotopic (exact) mass is 368 g/mol. The van der Waals surface area contributed by atoms with E-state index in [-0.39, 0.29) is 0 Å². The smallest absolute Gasteiger partial charge is 0.248 e. The molecule has 26 heavy (non-hydrogen) atoms. The van der Waals surface area contributed by atoms with Crippen molar-refractivity contribution in [3.63, 3.8) is 0 Å². The Hall–Kier alpha value is -2.79. The highest BCUT2D eigenvalue weighted by atomic mass is 35.5. The fourth-order valence-electron chi connectivity index (χ4n) is 2.49. The van der Waals surface area contributed by atoms with Crippen LogP contribution in [0.4, 0.5) is 17.2 Å². The van der Waals surface area contributed by atoms with E-state index < -0.39 is 0 Å². The van der Waals surface area contributed by atoms with E-state index in [0.717, 1.165) is 11.3 Å². The number of anilines is 3. The lowest BCUT2D eigenvalue weighted by Gasteiger charge is -2.13. The molecular weight excluding hydrogens is 348 g/mol. The van der Waals surface area contributed by atoms with Gasteiger partial charge in [0.25, 0.3) is 0 Å². The van der Waals surface area contributed by atoms with Crippen LogP contribution in [0.5, 0.6) is 11.6 Å². The van der Waals surface area contributed by atoms with E-state index in [1.807, 2.05) is 49.4 Å². The predicted molar refractivity (Wildman–Crippen MR) is 107 cm³/mol. The maximum atomic E-state index is 6.20. The van der Waals surface area contributed by atoms with Gasteiger partial charge in [0.1, 0.15) is 17.8 Å². The molecule has 134 valence electrons. The number of hydrogen-bond donors (Lipinski definition) is 2. The maximum absolute atomic E-state index is 6.20. The van der Waals surface area contributed by atoms with Crippen molar-refractivity contribution in [2.24, 2.45) is 0 Å². The fourth-order valence-corrected chi connectivity index (χ4v) is 2.71. The molecule has 0 atom stereocenters. The van der Waals surface area contributed by atoms with Gasteiger partial charge in [-0.25, -0.2) is 4.98 Å². The van der Waals surface area contributed by atoms with Crippen LogP contribution in [0.1, 0.15) is 30.9 Å². The fraction of sp³-hybridized carbons (Fsp3) is 0.200. The summed E-state index contributed by atoms with van der Waals surface area (Å²) in [7, 11) is 0. The Labute approximate surface area is 158 Å². The summed E-state index contributed by atoms with van der Waals surface area (Å²) < 4.78 is 5.83. The number of halogens is 1. The molecule has 0 aliphatic carbocycles. The zero-order valence-corrected chi connectivity index (χ0v) is 15.7. The Morgan fingerprint density at radius 1 is 1.08 bits per heavy atom. The van der Waals surface area contributed by atoms with Crippen LogP contribution in [0.3, 0.4) is 0 Å². The topological polar surface area (TPSA) is 73.1 Å². The Kier molecular flexibility index (Phi) is 5.28. The highest BCUT2D eigenvalue weighted by Gasteiger charge is 2.12. The number of hydrogen-bond acceptors (Lipinski definition) is 5. The molecule has 2 aromatic carbocycles. The van der Waals surface area contributed by atoms with Crippen molar-refractivity contribution in [2.75, 3.05) is 11.1 Å². The number of aromatic nitrogens is 2. The molecule has 1 aromatic heterocycles. The molecule has 6 heteroatoms. The lowest BCUT2D eigenvalue weighted by molar-refractivity contribution is 0.464. The molecule has 1 heterocycles. The standard InChI is InChI=1S/C20H21ClN4O/c1-12(2)14-4-7-16(8-5-14)26-20-18(22)19(23-11-24-20)25-17-9-6-15(21)10-13(17)3/h4-12H,22H2,1-3H3,(H,23,24,25). The molecule has 0 saturated heterocycles. The Morgan fingerprint density at radius 2 is 1.81 bits per heavy atom. The van der Waals surface area contributed by atoms with Crippen molar-refractivity contribution in [3.05, 3.63) is 64.9 Å². The van der Waals surface area contributed by atoms with E-state index in [9.17, 15) is 0 Å². The largest absolute Gasteiger partial charge is 0.437 e. The third-order valence-corrected chi connectivity index (χ3v) is 4.29. The van der Waals surface area contributed by atoms with Crippen LogP contribution in [0.2, 0.25) is 5.02 Å². The number of nitrogens with one attached hydrogen (secondary N) is 1. The molecule has 5 nitrogen and oxygen atoms in total. The van der Waals surface area contributed by atoms with Crippen molar-refractivity contribution >= 4 is 28.8 Å². The van der Waals surface area contributed by atoms with Gasteiger partial charge in [0.2, 0.25) is 5.88 Å². The number of nitrogens with two attached hydrogens (primary N) is 1. The minimum Gasteiger partial charge on any atom is -0.437 e. The first-order chi connectivity index (χ1) is 12.4. The summed E-state index contributed by atoms with van der Waals surface area (Å²) in [5, 5.41) is 3.88. The average molecular weight is 369 g/mol. The van der Waals surface area contributed by atoms with E-state index >= 15 is 0 Å². The van der Waals surface area contributed by atoms with Crippen molar-refractivity contribution in [3.8, 4) is 11.6 Å². The molecule has 3 N–H and O–H groups in total. The quantitative estimate of drug-likeness (QED) is 0.606. The Bertz CT molecular complexity index is 910. The van der Waals surface area contributed by atoms with Crippen LogP contribution >= 0.6 is 11.6 Å². The summed E-state index contributed by atoms with van der Waals surface area (Å²) in [6.45, 7) is 6.25. The van der Waals surface area contributed by atoms with Gasteiger partial charge in [0.05, 0.1) is 0 Å². The molecule has 0 radical (unpaired) electrons. The first-order valence-electron chi connectivity index (χ1n) is 8.35. The zero-order valence-electron chi connectivity index (χ0n) is 15.0. The molecule has 0 spiro atoms. The van der Waals surface area contributed by atoms with Crippen LogP contribution < -0.4 is 15.8 Å². The molecule has 0 bridgehead atoms. The number of aryl methyl sites for hydroxylation is 1. The second-order valence-electron chi connectivity index (χ2n) is 6.35. The minimum atomic E-state index is 0.311. The van der Waals surface area contributed by atoms with E-state index in [1.54, 1.807) is 0 Å². The van der Waals surface area contributed by atoms with Crippen LogP contribution in [0.15, 0.2) is 48.8 Å². The lowest BCUT2D eigenvalue weighted by Crippen LogP contribution is -2.04.